The lowest BCUT2D eigenvalue weighted by atomic mass is 10.0. The van der Waals surface area contributed by atoms with Crippen LogP contribution in [-0.4, -0.2) is 36.6 Å². The standard InChI is InChI=1S/C14H28N2/c1-4-13-9-8-11(2)16(13)10-12-6-5-7-14(12)15-3/h11-15H,4-10H2,1-3H3. The number of nitrogens with one attached hydrogen (secondary N) is 1. The van der Waals surface area contributed by atoms with Crippen molar-refractivity contribution in [3.63, 3.8) is 0 Å². The molecule has 0 radical (unpaired) electrons. The molecule has 1 N–H and O–H groups in total. The van der Waals surface area contributed by atoms with E-state index in [0.717, 1.165) is 24.0 Å². The fourth-order valence-corrected chi connectivity index (χ4v) is 3.80. The van der Waals surface area contributed by atoms with Crippen molar-refractivity contribution in [2.24, 2.45) is 5.92 Å². The fraction of sp³-hybridized carbons (Fsp3) is 1.00. The second-order valence-corrected chi connectivity index (χ2v) is 5.77. The second kappa shape index (κ2) is 5.50. The molecule has 2 nitrogen and oxygen atoms in total. The van der Waals surface area contributed by atoms with E-state index >= 15 is 0 Å². The predicted octanol–water partition coefficient (Wildman–Crippen LogP) is 2.64. The first-order valence-electron chi connectivity index (χ1n) is 7.19. The summed E-state index contributed by atoms with van der Waals surface area (Å²) in [6, 6.07) is 2.47. The molecule has 2 rings (SSSR count). The van der Waals surface area contributed by atoms with Crippen molar-refractivity contribution in [3.05, 3.63) is 0 Å². The van der Waals surface area contributed by atoms with Gasteiger partial charge in [-0.25, -0.2) is 0 Å². The normalized spacial score (nSPS) is 40.7. The third kappa shape index (κ3) is 2.43. The second-order valence-electron chi connectivity index (χ2n) is 5.77. The molecular weight excluding hydrogens is 196 g/mol. The molecule has 0 spiro atoms. The zero-order chi connectivity index (χ0) is 11.5. The van der Waals surface area contributed by atoms with E-state index in [1.165, 1.54) is 45.1 Å². The quantitative estimate of drug-likeness (QED) is 0.790. The van der Waals surface area contributed by atoms with E-state index in [0.29, 0.717) is 0 Å². The smallest absolute Gasteiger partial charge is 0.0104 e. The van der Waals surface area contributed by atoms with Gasteiger partial charge in [0.05, 0.1) is 0 Å². The summed E-state index contributed by atoms with van der Waals surface area (Å²) in [5, 5.41) is 3.51. The molecule has 2 heteroatoms. The molecule has 2 fully saturated rings. The Morgan fingerprint density at radius 3 is 2.69 bits per heavy atom. The minimum absolute atomic E-state index is 0.783. The number of hydrogen-bond acceptors (Lipinski definition) is 2. The van der Waals surface area contributed by atoms with Crippen LogP contribution in [0.25, 0.3) is 0 Å². The van der Waals surface area contributed by atoms with Crippen LogP contribution in [0.2, 0.25) is 0 Å². The Bertz CT molecular complexity index is 217. The molecule has 1 heterocycles. The Balaban J connectivity index is 1.92. The Morgan fingerprint density at radius 1 is 1.19 bits per heavy atom. The van der Waals surface area contributed by atoms with Crippen molar-refractivity contribution >= 4 is 0 Å². The van der Waals surface area contributed by atoms with Crippen molar-refractivity contribution < 1.29 is 0 Å². The van der Waals surface area contributed by atoms with Crippen molar-refractivity contribution in [1.82, 2.24) is 10.2 Å². The minimum atomic E-state index is 0.783. The highest BCUT2D eigenvalue weighted by molar-refractivity contribution is 4.90. The van der Waals surface area contributed by atoms with Gasteiger partial charge in [0.1, 0.15) is 0 Å². The lowest BCUT2D eigenvalue weighted by Crippen LogP contribution is -2.42. The summed E-state index contributed by atoms with van der Waals surface area (Å²) in [5.41, 5.74) is 0. The summed E-state index contributed by atoms with van der Waals surface area (Å²) < 4.78 is 0. The highest BCUT2D eigenvalue weighted by Gasteiger charge is 2.34. The molecule has 0 aromatic rings. The maximum Gasteiger partial charge on any atom is 0.0104 e. The summed E-state index contributed by atoms with van der Waals surface area (Å²) in [6.07, 6.45) is 8.42. The van der Waals surface area contributed by atoms with Gasteiger partial charge < -0.3 is 5.32 Å². The molecule has 94 valence electrons. The van der Waals surface area contributed by atoms with Crippen LogP contribution in [0.5, 0.6) is 0 Å². The third-order valence-electron chi connectivity index (χ3n) is 4.90. The molecule has 2 aliphatic rings. The number of nitrogens with zero attached hydrogens (tertiary/aromatic N) is 1. The minimum Gasteiger partial charge on any atom is -0.317 e. The molecule has 0 aromatic carbocycles. The molecule has 4 unspecified atom stereocenters. The summed E-state index contributed by atoms with van der Waals surface area (Å²) in [5.74, 6) is 0.902. The molecule has 0 bridgehead atoms. The van der Waals surface area contributed by atoms with Crippen LogP contribution < -0.4 is 5.32 Å². The van der Waals surface area contributed by atoms with Gasteiger partial charge in [0.2, 0.25) is 0 Å². The third-order valence-corrected chi connectivity index (χ3v) is 4.90. The van der Waals surface area contributed by atoms with Gasteiger partial charge in [-0.3, -0.25) is 4.90 Å². The van der Waals surface area contributed by atoms with Crippen LogP contribution in [0.4, 0.5) is 0 Å². The lowest BCUT2D eigenvalue weighted by molar-refractivity contribution is 0.158. The lowest BCUT2D eigenvalue weighted by Gasteiger charge is -2.32. The van der Waals surface area contributed by atoms with Crippen molar-refractivity contribution in [3.8, 4) is 0 Å². The van der Waals surface area contributed by atoms with Gasteiger partial charge in [0, 0.05) is 24.7 Å². The topological polar surface area (TPSA) is 15.3 Å². The van der Waals surface area contributed by atoms with E-state index in [-0.39, 0.29) is 0 Å². The average molecular weight is 224 g/mol. The van der Waals surface area contributed by atoms with Crippen molar-refractivity contribution in [1.29, 1.82) is 0 Å². The van der Waals surface area contributed by atoms with Gasteiger partial charge in [0.25, 0.3) is 0 Å². The SMILES string of the molecule is CCC1CCC(C)N1CC1CCCC1NC. The van der Waals surface area contributed by atoms with Crippen molar-refractivity contribution in [2.45, 2.75) is 70.5 Å². The van der Waals surface area contributed by atoms with Gasteiger partial charge in [-0.05, 0) is 52.0 Å². The van der Waals surface area contributed by atoms with Crippen LogP contribution in [-0.2, 0) is 0 Å². The Hall–Kier alpha value is -0.0800. The first kappa shape index (κ1) is 12.4. The zero-order valence-electron chi connectivity index (χ0n) is 11.2. The molecule has 1 saturated heterocycles. The Labute approximate surface area is 101 Å². The molecule has 1 aliphatic carbocycles. The highest BCUT2D eigenvalue weighted by atomic mass is 15.2. The summed E-state index contributed by atoms with van der Waals surface area (Å²) in [6.45, 7) is 6.10. The van der Waals surface area contributed by atoms with Gasteiger partial charge in [-0.2, -0.15) is 0 Å². The average Bonchev–Trinajstić information content (AvgIpc) is 2.87. The van der Waals surface area contributed by atoms with Crippen LogP contribution >= 0.6 is 0 Å². The van der Waals surface area contributed by atoms with Crippen LogP contribution in [0, 0.1) is 5.92 Å². The van der Waals surface area contributed by atoms with Gasteiger partial charge in [-0.15, -0.1) is 0 Å². The van der Waals surface area contributed by atoms with Gasteiger partial charge in [0.15, 0.2) is 0 Å². The first-order chi connectivity index (χ1) is 7.76. The largest absolute Gasteiger partial charge is 0.317 e. The Morgan fingerprint density at radius 2 is 2.00 bits per heavy atom. The van der Waals surface area contributed by atoms with Gasteiger partial charge >= 0.3 is 0 Å². The van der Waals surface area contributed by atoms with E-state index in [1.807, 2.05) is 0 Å². The summed E-state index contributed by atoms with van der Waals surface area (Å²) in [7, 11) is 2.13. The highest BCUT2D eigenvalue weighted by Crippen LogP contribution is 2.32. The molecule has 4 atom stereocenters. The predicted molar refractivity (Wildman–Crippen MR) is 69.7 cm³/mol. The molecular formula is C14H28N2. The van der Waals surface area contributed by atoms with E-state index in [2.05, 4.69) is 31.1 Å². The first-order valence-corrected chi connectivity index (χ1v) is 7.19. The maximum atomic E-state index is 3.51. The molecule has 0 amide bonds. The summed E-state index contributed by atoms with van der Waals surface area (Å²) in [4.78, 5) is 2.79. The molecule has 1 aliphatic heterocycles. The zero-order valence-corrected chi connectivity index (χ0v) is 11.2. The van der Waals surface area contributed by atoms with Crippen LogP contribution in [0.3, 0.4) is 0 Å². The van der Waals surface area contributed by atoms with Crippen LogP contribution in [0.15, 0.2) is 0 Å². The number of hydrogen-bond donors (Lipinski definition) is 1. The molecule has 16 heavy (non-hydrogen) atoms. The fourth-order valence-electron chi connectivity index (χ4n) is 3.80. The van der Waals surface area contributed by atoms with Crippen LogP contribution in [0.1, 0.15) is 52.4 Å². The van der Waals surface area contributed by atoms with E-state index in [4.69, 9.17) is 0 Å². The van der Waals surface area contributed by atoms with E-state index in [1.54, 1.807) is 0 Å². The maximum absolute atomic E-state index is 3.51. The van der Waals surface area contributed by atoms with E-state index in [9.17, 15) is 0 Å². The Kier molecular flexibility index (Phi) is 4.26. The van der Waals surface area contributed by atoms with E-state index < -0.39 is 0 Å². The summed E-state index contributed by atoms with van der Waals surface area (Å²) >= 11 is 0. The van der Waals surface area contributed by atoms with Crippen molar-refractivity contribution in [2.75, 3.05) is 13.6 Å². The monoisotopic (exact) mass is 224 g/mol. The van der Waals surface area contributed by atoms with Gasteiger partial charge in [-0.1, -0.05) is 13.3 Å². The number of likely N-dealkylation sites (tertiary alicyclic amines) is 1. The molecule has 1 saturated carbocycles. The number of rotatable bonds is 4. The molecule has 0 aromatic heterocycles.